The first-order valence-corrected chi connectivity index (χ1v) is 6.90. The third kappa shape index (κ3) is 6.28. The number of thiocarbonyl (C=S) groups is 1. The summed E-state index contributed by atoms with van der Waals surface area (Å²) >= 11 is 4.89. The highest BCUT2D eigenvalue weighted by atomic mass is 32.1. The second kappa shape index (κ2) is 8.39. The predicted molar refractivity (Wildman–Crippen MR) is 75.5 cm³/mol. The van der Waals surface area contributed by atoms with Crippen LogP contribution in [0.15, 0.2) is 0 Å². The van der Waals surface area contributed by atoms with Gasteiger partial charge in [0, 0.05) is 25.8 Å². The topological polar surface area (TPSA) is 67.6 Å². The number of amides is 1. The molecule has 1 rings (SSSR count). The van der Waals surface area contributed by atoms with Crippen molar-refractivity contribution in [1.29, 1.82) is 0 Å². The van der Waals surface area contributed by atoms with Crippen LogP contribution in [0.5, 0.6) is 0 Å². The molecule has 0 atom stereocenters. The zero-order valence-electron chi connectivity index (χ0n) is 11.0. The standard InChI is InChI=1S/C12H23N3O2S/c1-2-5-15(8-11(13)18)9-12(16)14-10-3-6-17-7-4-10/h10H,2-9H2,1H3,(H2,13,18)(H,14,16). The van der Waals surface area contributed by atoms with Crippen LogP contribution in [0.4, 0.5) is 0 Å². The number of carbonyl (C=O) groups is 1. The second-order valence-electron chi connectivity index (χ2n) is 4.63. The fraction of sp³-hybridized carbons (Fsp3) is 0.833. The molecule has 1 aliphatic rings. The predicted octanol–water partition coefficient (Wildman–Crippen LogP) is 0.280. The summed E-state index contributed by atoms with van der Waals surface area (Å²) in [6.45, 7) is 5.24. The minimum atomic E-state index is 0.0478. The summed E-state index contributed by atoms with van der Waals surface area (Å²) in [6.07, 6.45) is 2.77. The average Bonchev–Trinajstić information content (AvgIpc) is 2.29. The number of nitrogens with zero attached hydrogens (tertiary/aromatic N) is 1. The third-order valence-electron chi connectivity index (χ3n) is 2.87. The highest BCUT2D eigenvalue weighted by Crippen LogP contribution is 2.06. The molecule has 1 saturated heterocycles. The lowest BCUT2D eigenvalue weighted by atomic mass is 10.1. The Hall–Kier alpha value is -0.720. The Balaban J connectivity index is 2.32. The number of hydrogen-bond acceptors (Lipinski definition) is 4. The molecule has 5 nitrogen and oxygen atoms in total. The lowest BCUT2D eigenvalue weighted by Crippen LogP contribution is -2.46. The molecule has 0 bridgehead atoms. The van der Waals surface area contributed by atoms with Crippen LogP contribution in [-0.2, 0) is 9.53 Å². The van der Waals surface area contributed by atoms with Crippen LogP contribution in [0.3, 0.4) is 0 Å². The van der Waals surface area contributed by atoms with E-state index in [1.54, 1.807) is 0 Å². The van der Waals surface area contributed by atoms with Gasteiger partial charge in [0.1, 0.15) is 0 Å². The number of nitrogens with one attached hydrogen (secondary N) is 1. The molecule has 0 aromatic carbocycles. The minimum absolute atomic E-state index is 0.0478. The zero-order valence-corrected chi connectivity index (χ0v) is 11.8. The number of carbonyl (C=O) groups excluding carboxylic acids is 1. The minimum Gasteiger partial charge on any atom is -0.392 e. The molecule has 3 N–H and O–H groups in total. The Bertz CT molecular complexity index is 280. The van der Waals surface area contributed by atoms with Gasteiger partial charge in [0.15, 0.2) is 0 Å². The molecule has 1 fully saturated rings. The molecule has 104 valence electrons. The Labute approximate surface area is 114 Å². The Morgan fingerprint density at radius 3 is 2.67 bits per heavy atom. The summed E-state index contributed by atoms with van der Waals surface area (Å²) in [5, 5.41) is 3.04. The van der Waals surface area contributed by atoms with E-state index >= 15 is 0 Å². The van der Waals surface area contributed by atoms with E-state index in [1.165, 1.54) is 0 Å². The summed E-state index contributed by atoms with van der Waals surface area (Å²) in [5.41, 5.74) is 5.53. The molecule has 18 heavy (non-hydrogen) atoms. The lowest BCUT2D eigenvalue weighted by molar-refractivity contribution is -0.123. The second-order valence-corrected chi connectivity index (χ2v) is 5.16. The normalized spacial score (nSPS) is 16.8. The lowest BCUT2D eigenvalue weighted by Gasteiger charge is -2.25. The van der Waals surface area contributed by atoms with Crippen molar-refractivity contribution < 1.29 is 9.53 Å². The van der Waals surface area contributed by atoms with Crippen molar-refractivity contribution in [2.45, 2.75) is 32.2 Å². The van der Waals surface area contributed by atoms with E-state index in [1.807, 2.05) is 4.90 Å². The molecule has 1 amide bonds. The molecule has 6 heteroatoms. The summed E-state index contributed by atoms with van der Waals surface area (Å²) in [4.78, 5) is 14.3. The first-order valence-electron chi connectivity index (χ1n) is 6.49. The van der Waals surface area contributed by atoms with E-state index in [9.17, 15) is 4.79 Å². The van der Waals surface area contributed by atoms with Gasteiger partial charge in [-0.1, -0.05) is 19.1 Å². The van der Waals surface area contributed by atoms with Gasteiger partial charge in [-0.3, -0.25) is 9.69 Å². The van der Waals surface area contributed by atoms with Gasteiger partial charge in [-0.25, -0.2) is 0 Å². The summed E-state index contributed by atoms with van der Waals surface area (Å²) < 4.78 is 5.26. The first-order chi connectivity index (χ1) is 8.61. The van der Waals surface area contributed by atoms with E-state index in [0.29, 0.717) is 18.1 Å². The molecule has 1 aliphatic heterocycles. The van der Waals surface area contributed by atoms with Gasteiger partial charge >= 0.3 is 0 Å². The fourth-order valence-corrected chi connectivity index (χ4v) is 2.25. The Morgan fingerprint density at radius 2 is 2.11 bits per heavy atom. The van der Waals surface area contributed by atoms with Crippen LogP contribution in [0.2, 0.25) is 0 Å². The fourth-order valence-electron chi connectivity index (χ4n) is 2.07. The Kier molecular flexibility index (Phi) is 7.15. The summed E-state index contributed by atoms with van der Waals surface area (Å²) in [7, 11) is 0. The third-order valence-corrected chi connectivity index (χ3v) is 3.00. The molecule has 0 aromatic rings. The molecule has 0 radical (unpaired) electrons. The number of nitrogens with two attached hydrogens (primary N) is 1. The molecule has 0 aromatic heterocycles. The van der Waals surface area contributed by atoms with E-state index in [2.05, 4.69) is 12.2 Å². The van der Waals surface area contributed by atoms with E-state index < -0.39 is 0 Å². The van der Waals surface area contributed by atoms with Crippen molar-refractivity contribution in [3.8, 4) is 0 Å². The summed E-state index contributed by atoms with van der Waals surface area (Å²) in [5.74, 6) is 0.0478. The SMILES string of the molecule is CCCN(CC(=O)NC1CCOCC1)CC(N)=S. The van der Waals surface area contributed by atoms with Gasteiger partial charge in [-0.05, 0) is 25.8 Å². The van der Waals surface area contributed by atoms with Crippen LogP contribution in [0.25, 0.3) is 0 Å². The quantitative estimate of drug-likeness (QED) is 0.652. The highest BCUT2D eigenvalue weighted by molar-refractivity contribution is 7.80. The number of hydrogen-bond donors (Lipinski definition) is 2. The molecular formula is C12H23N3O2S. The molecule has 0 unspecified atom stereocenters. The van der Waals surface area contributed by atoms with Gasteiger partial charge in [-0.15, -0.1) is 0 Å². The van der Waals surface area contributed by atoms with Crippen LogP contribution >= 0.6 is 12.2 Å². The number of rotatable bonds is 7. The van der Waals surface area contributed by atoms with Gasteiger partial charge in [0.25, 0.3) is 0 Å². The van der Waals surface area contributed by atoms with E-state index in [-0.39, 0.29) is 11.9 Å². The average molecular weight is 273 g/mol. The van der Waals surface area contributed by atoms with Gasteiger partial charge in [-0.2, -0.15) is 0 Å². The van der Waals surface area contributed by atoms with Crippen LogP contribution < -0.4 is 11.1 Å². The van der Waals surface area contributed by atoms with Crippen molar-refractivity contribution in [3.63, 3.8) is 0 Å². The maximum atomic E-state index is 11.9. The van der Waals surface area contributed by atoms with Crippen molar-refractivity contribution >= 4 is 23.1 Å². The van der Waals surface area contributed by atoms with Crippen molar-refractivity contribution in [3.05, 3.63) is 0 Å². The monoisotopic (exact) mass is 273 g/mol. The van der Waals surface area contributed by atoms with Crippen molar-refractivity contribution in [2.24, 2.45) is 5.73 Å². The van der Waals surface area contributed by atoms with Crippen molar-refractivity contribution in [2.75, 3.05) is 32.8 Å². The van der Waals surface area contributed by atoms with E-state index in [0.717, 1.165) is 39.0 Å². The zero-order chi connectivity index (χ0) is 13.4. The Morgan fingerprint density at radius 1 is 1.44 bits per heavy atom. The molecule has 0 saturated carbocycles. The maximum absolute atomic E-state index is 11.9. The number of ether oxygens (including phenoxy) is 1. The highest BCUT2D eigenvalue weighted by Gasteiger charge is 2.17. The van der Waals surface area contributed by atoms with Gasteiger partial charge < -0.3 is 15.8 Å². The molecule has 0 spiro atoms. The van der Waals surface area contributed by atoms with Crippen molar-refractivity contribution in [1.82, 2.24) is 10.2 Å². The van der Waals surface area contributed by atoms with Crippen LogP contribution in [-0.4, -0.2) is 54.7 Å². The largest absolute Gasteiger partial charge is 0.392 e. The maximum Gasteiger partial charge on any atom is 0.234 e. The molecular weight excluding hydrogens is 250 g/mol. The van der Waals surface area contributed by atoms with Gasteiger partial charge in [0.2, 0.25) is 5.91 Å². The van der Waals surface area contributed by atoms with Crippen LogP contribution in [0, 0.1) is 0 Å². The van der Waals surface area contributed by atoms with Crippen LogP contribution in [0.1, 0.15) is 26.2 Å². The first kappa shape index (κ1) is 15.3. The molecule has 0 aliphatic carbocycles. The smallest absolute Gasteiger partial charge is 0.234 e. The summed E-state index contributed by atoms with van der Waals surface area (Å²) in [6, 6.07) is 0.250. The molecule has 1 heterocycles. The van der Waals surface area contributed by atoms with E-state index in [4.69, 9.17) is 22.7 Å². The van der Waals surface area contributed by atoms with Gasteiger partial charge in [0.05, 0.1) is 11.5 Å².